The number of thiophene rings is 1. The van der Waals surface area contributed by atoms with Crippen molar-refractivity contribution in [1.82, 2.24) is 4.90 Å². The second-order valence-corrected chi connectivity index (χ2v) is 7.47. The SMILES string of the molecule is Cc1ccc(N2CCN(C(=O)Cc3cccs3)CC2)c(Br)c1. The number of amides is 1. The number of nitrogens with zero attached hydrogens (tertiary/aromatic N) is 2. The lowest BCUT2D eigenvalue weighted by Gasteiger charge is -2.36. The minimum absolute atomic E-state index is 0.241. The van der Waals surface area contributed by atoms with E-state index in [0.717, 1.165) is 35.5 Å². The van der Waals surface area contributed by atoms with Gasteiger partial charge in [-0.1, -0.05) is 12.1 Å². The fourth-order valence-electron chi connectivity index (χ4n) is 2.74. The summed E-state index contributed by atoms with van der Waals surface area (Å²) in [5.74, 6) is 0.241. The Morgan fingerprint density at radius 3 is 2.64 bits per heavy atom. The number of carbonyl (C=O) groups excluding carboxylic acids is 1. The van der Waals surface area contributed by atoms with Crippen LogP contribution < -0.4 is 4.90 Å². The second kappa shape index (κ2) is 6.84. The fourth-order valence-corrected chi connectivity index (χ4v) is 4.18. The molecule has 1 aliphatic rings. The van der Waals surface area contributed by atoms with E-state index in [9.17, 15) is 4.79 Å². The first kappa shape index (κ1) is 15.6. The molecule has 2 heterocycles. The molecule has 0 bridgehead atoms. The molecule has 116 valence electrons. The van der Waals surface area contributed by atoms with Crippen molar-refractivity contribution < 1.29 is 4.79 Å². The summed E-state index contributed by atoms with van der Waals surface area (Å²) < 4.78 is 1.13. The number of hydrogen-bond acceptors (Lipinski definition) is 3. The summed E-state index contributed by atoms with van der Waals surface area (Å²) >= 11 is 5.30. The van der Waals surface area contributed by atoms with Crippen molar-refractivity contribution in [2.75, 3.05) is 31.1 Å². The van der Waals surface area contributed by atoms with Gasteiger partial charge < -0.3 is 9.80 Å². The van der Waals surface area contributed by atoms with Crippen LogP contribution >= 0.6 is 27.3 Å². The van der Waals surface area contributed by atoms with Gasteiger partial charge >= 0.3 is 0 Å². The average molecular weight is 379 g/mol. The molecule has 1 fully saturated rings. The standard InChI is InChI=1S/C17H19BrN2OS/c1-13-4-5-16(15(18)11-13)19-6-8-20(9-7-19)17(21)12-14-3-2-10-22-14/h2-5,10-11H,6-9,12H2,1H3. The van der Waals surface area contributed by atoms with Crippen LogP contribution in [0.15, 0.2) is 40.2 Å². The first-order valence-corrected chi connectivity index (χ1v) is 9.12. The number of aryl methyl sites for hydroxylation is 1. The molecular formula is C17H19BrN2OS. The fraction of sp³-hybridized carbons (Fsp3) is 0.353. The van der Waals surface area contributed by atoms with Crippen LogP contribution in [0.1, 0.15) is 10.4 Å². The summed E-state index contributed by atoms with van der Waals surface area (Å²) in [4.78, 5) is 17.8. The molecule has 3 nitrogen and oxygen atoms in total. The molecule has 22 heavy (non-hydrogen) atoms. The Morgan fingerprint density at radius 1 is 1.23 bits per heavy atom. The predicted molar refractivity (Wildman–Crippen MR) is 95.7 cm³/mol. The summed E-state index contributed by atoms with van der Waals surface area (Å²) in [6, 6.07) is 10.5. The Balaban J connectivity index is 1.59. The topological polar surface area (TPSA) is 23.6 Å². The number of benzene rings is 1. The molecule has 2 aromatic rings. The van der Waals surface area contributed by atoms with Crippen LogP contribution in [0.25, 0.3) is 0 Å². The molecule has 5 heteroatoms. The molecule has 0 atom stereocenters. The third-order valence-electron chi connectivity index (χ3n) is 3.98. The Bertz CT molecular complexity index is 649. The van der Waals surface area contributed by atoms with Crippen LogP contribution in [0, 0.1) is 6.92 Å². The van der Waals surface area contributed by atoms with Gasteiger partial charge in [-0.2, -0.15) is 0 Å². The van der Waals surface area contributed by atoms with Crippen molar-refractivity contribution in [2.45, 2.75) is 13.3 Å². The van der Waals surface area contributed by atoms with Gasteiger partial charge in [0.2, 0.25) is 5.91 Å². The molecule has 1 amide bonds. The lowest BCUT2D eigenvalue weighted by Crippen LogP contribution is -2.49. The Kier molecular flexibility index (Phi) is 4.84. The summed E-state index contributed by atoms with van der Waals surface area (Å²) in [6.45, 7) is 5.46. The lowest BCUT2D eigenvalue weighted by atomic mass is 10.2. The Labute approximate surface area is 143 Å². The van der Waals surface area contributed by atoms with Crippen molar-refractivity contribution in [3.63, 3.8) is 0 Å². The summed E-state index contributed by atoms with van der Waals surface area (Å²) in [6.07, 6.45) is 0.534. The van der Waals surface area contributed by atoms with E-state index in [1.54, 1.807) is 11.3 Å². The van der Waals surface area contributed by atoms with Crippen molar-refractivity contribution in [1.29, 1.82) is 0 Å². The Morgan fingerprint density at radius 2 is 2.00 bits per heavy atom. The van der Waals surface area contributed by atoms with Crippen LogP contribution in [0.5, 0.6) is 0 Å². The number of piperazine rings is 1. The van der Waals surface area contributed by atoms with Crippen LogP contribution in [0.3, 0.4) is 0 Å². The van der Waals surface area contributed by atoms with Crippen LogP contribution in [0.4, 0.5) is 5.69 Å². The van der Waals surface area contributed by atoms with E-state index < -0.39 is 0 Å². The number of hydrogen-bond donors (Lipinski definition) is 0. The van der Waals surface area contributed by atoms with E-state index in [2.05, 4.69) is 46.0 Å². The number of anilines is 1. The van der Waals surface area contributed by atoms with Crippen molar-refractivity contribution in [3.8, 4) is 0 Å². The highest BCUT2D eigenvalue weighted by Gasteiger charge is 2.22. The highest BCUT2D eigenvalue weighted by molar-refractivity contribution is 9.10. The molecule has 1 aliphatic heterocycles. The van der Waals surface area contributed by atoms with E-state index in [4.69, 9.17) is 0 Å². The zero-order valence-corrected chi connectivity index (χ0v) is 15.0. The zero-order valence-electron chi connectivity index (χ0n) is 12.6. The van der Waals surface area contributed by atoms with Crippen LogP contribution in [-0.4, -0.2) is 37.0 Å². The minimum atomic E-state index is 0.241. The highest BCUT2D eigenvalue weighted by Crippen LogP contribution is 2.28. The van der Waals surface area contributed by atoms with Crippen molar-refractivity contribution >= 4 is 38.9 Å². The van der Waals surface area contributed by atoms with Gasteiger partial charge in [-0.25, -0.2) is 0 Å². The third-order valence-corrected chi connectivity index (χ3v) is 5.49. The van der Waals surface area contributed by atoms with Gasteiger partial charge in [0.1, 0.15) is 0 Å². The quantitative estimate of drug-likeness (QED) is 0.812. The van der Waals surface area contributed by atoms with Crippen molar-refractivity contribution in [2.24, 2.45) is 0 Å². The van der Waals surface area contributed by atoms with Gasteiger partial charge in [0, 0.05) is 35.5 Å². The predicted octanol–water partition coefficient (Wildman–Crippen LogP) is 3.71. The largest absolute Gasteiger partial charge is 0.367 e. The number of rotatable bonds is 3. The van der Waals surface area contributed by atoms with Gasteiger partial charge in [-0.3, -0.25) is 4.79 Å². The second-order valence-electron chi connectivity index (χ2n) is 5.58. The van der Waals surface area contributed by atoms with Gasteiger partial charge in [-0.05, 0) is 52.0 Å². The van der Waals surface area contributed by atoms with E-state index in [-0.39, 0.29) is 5.91 Å². The number of halogens is 1. The molecule has 1 aromatic heterocycles. The molecule has 0 aliphatic carbocycles. The maximum Gasteiger partial charge on any atom is 0.227 e. The summed E-state index contributed by atoms with van der Waals surface area (Å²) in [5, 5.41) is 2.02. The normalized spacial score (nSPS) is 15.2. The summed E-state index contributed by atoms with van der Waals surface area (Å²) in [5.41, 5.74) is 2.47. The van der Waals surface area contributed by atoms with E-state index >= 15 is 0 Å². The smallest absolute Gasteiger partial charge is 0.227 e. The van der Waals surface area contributed by atoms with E-state index in [0.29, 0.717) is 6.42 Å². The monoisotopic (exact) mass is 378 g/mol. The van der Waals surface area contributed by atoms with Crippen molar-refractivity contribution in [3.05, 3.63) is 50.6 Å². The molecule has 3 rings (SSSR count). The maximum atomic E-state index is 12.3. The first-order valence-electron chi connectivity index (χ1n) is 7.45. The highest BCUT2D eigenvalue weighted by atomic mass is 79.9. The molecule has 1 saturated heterocycles. The lowest BCUT2D eigenvalue weighted by molar-refractivity contribution is -0.130. The van der Waals surface area contributed by atoms with Gasteiger partial charge in [0.15, 0.2) is 0 Å². The average Bonchev–Trinajstić information content (AvgIpc) is 3.00. The molecular weight excluding hydrogens is 360 g/mol. The van der Waals surface area contributed by atoms with Crippen LogP contribution in [0.2, 0.25) is 0 Å². The third kappa shape index (κ3) is 3.52. The van der Waals surface area contributed by atoms with Crippen LogP contribution in [-0.2, 0) is 11.2 Å². The van der Waals surface area contributed by atoms with E-state index in [1.165, 1.54) is 11.3 Å². The zero-order chi connectivity index (χ0) is 15.5. The molecule has 0 spiro atoms. The molecule has 0 unspecified atom stereocenters. The molecule has 0 N–H and O–H groups in total. The van der Waals surface area contributed by atoms with Gasteiger partial charge in [0.25, 0.3) is 0 Å². The number of carbonyl (C=O) groups is 1. The summed E-state index contributed by atoms with van der Waals surface area (Å²) in [7, 11) is 0. The van der Waals surface area contributed by atoms with Gasteiger partial charge in [-0.15, -0.1) is 11.3 Å². The first-order chi connectivity index (χ1) is 10.6. The maximum absolute atomic E-state index is 12.3. The Hall–Kier alpha value is -1.33. The van der Waals surface area contributed by atoms with Gasteiger partial charge in [0.05, 0.1) is 12.1 Å². The molecule has 0 radical (unpaired) electrons. The van der Waals surface area contributed by atoms with E-state index in [1.807, 2.05) is 22.4 Å². The minimum Gasteiger partial charge on any atom is -0.367 e. The molecule has 1 aromatic carbocycles. The molecule has 0 saturated carbocycles.